The van der Waals surface area contributed by atoms with Crippen LogP contribution in [0.3, 0.4) is 0 Å². The van der Waals surface area contributed by atoms with Crippen LogP contribution in [0.1, 0.15) is 5.56 Å². The lowest BCUT2D eigenvalue weighted by Crippen LogP contribution is -2.04. The minimum atomic E-state index is -4.31. The largest absolute Gasteiger partial charge is 0.416 e. The number of rotatable bonds is 0. The standard InChI is InChI=1S/C13H7F3N/c14-13(15,16)8-5-6-12-10(7-8)9-3-1-2-4-11(9)17-12/h1-7H. The molecule has 1 radical (unpaired) electrons. The molecule has 0 aromatic heterocycles. The fourth-order valence-electron chi connectivity index (χ4n) is 1.95. The van der Waals surface area contributed by atoms with Crippen molar-refractivity contribution in [1.29, 1.82) is 0 Å². The van der Waals surface area contributed by atoms with Crippen LogP contribution in [0.25, 0.3) is 11.1 Å². The van der Waals surface area contributed by atoms with Gasteiger partial charge in [0.2, 0.25) is 0 Å². The highest BCUT2D eigenvalue weighted by Gasteiger charge is 2.32. The van der Waals surface area contributed by atoms with Crippen molar-refractivity contribution in [3.05, 3.63) is 48.0 Å². The van der Waals surface area contributed by atoms with Gasteiger partial charge in [-0.05, 0) is 24.3 Å². The van der Waals surface area contributed by atoms with Crippen molar-refractivity contribution in [1.82, 2.24) is 5.32 Å². The SMILES string of the molecule is FC(F)(F)c1ccc2c(c1)-c1ccccc1[N]2. The Kier molecular flexibility index (Phi) is 1.96. The summed E-state index contributed by atoms with van der Waals surface area (Å²) in [5.41, 5.74) is 1.99. The summed E-state index contributed by atoms with van der Waals surface area (Å²) in [7, 11) is 0. The number of hydrogen-bond acceptors (Lipinski definition) is 0. The first kappa shape index (κ1) is 10.2. The second-order valence-electron chi connectivity index (χ2n) is 3.86. The lowest BCUT2D eigenvalue weighted by atomic mass is 10.0. The molecule has 0 bridgehead atoms. The van der Waals surface area contributed by atoms with Gasteiger partial charge in [-0.3, -0.25) is 0 Å². The van der Waals surface area contributed by atoms with Crippen LogP contribution < -0.4 is 5.32 Å². The number of nitrogens with zero attached hydrogens (tertiary/aromatic N) is 1. The van der Waals surface area contributed by atoms with Crippen LogP contribution in [0.2, 0.25) is 0 Å². The van der Waals surface area contributed by atoms with E-state index in [2.05, 4.69) is 5.32 Å². The van der Waals surface area contributed by atoms with Gasteiger partial charge < -0.3 is 0 Å². The number of para-hydroxylation sites is 1. The molecule has 2 aromatic carbocycles. The quantitative estimate of drug-likeness (QED) is 0.552. The van der Waals surface area contributed by atoms with Crippen molar-refractivity contribution >= 4 is 11.4 Å². The van der Waals surface area contributed by atoms with Gasteiger partial charge in [-0.15, -0.1) is 0 Å². The molecule has 0 saturated heterocycles. The second-order valence-corrected chi connectivity index (χ2v) is 3.86. The maximum atomic E-state index is 12.6. The molecule has 85 valence electrons. The number of alkyl halides is 3. The zero-order chi connectivity index (χ0) is 12.0. The van der Waals surface area contributed by atoms with Gasteiger partial charge in [0, 0.05) is 11.1 Å². The highest BCUT2D eigenvalue weighted by atomic mass is 19.4. The van der Waals surface area contributed by atoms with Gasteiger partial charge in [-0.2, -0.15) is 13.2 Å². The van der Waals surface area contributed by atoms with Gasteiger partial charge in [-0.25, -0.2) is 5.32 Å². The molecule has 0 saturated carbocycles. The van der Waals surface area contributed by atoms with Crippen molar-refractivity contribution in [2.75, 3.05) is 0 Å². The normalized spacial score (nSPS) is 12.9. The van der Waals surface area contributed by atoms with Gasteiger partial charge in [-0.1, -0.05) is 18.2 Å². The Bertz CT molecular complexity index is 587. The maximum Gasteiger partial charge on any atom is 0.416 e. The maximum absolute atomic E-state index is 12.6. The van der Waals surface area contributed by atoms with E-state index in [0.29, 0.717) is 11.3 Å². The summed E-state index contributed by atoms with van der Waals surface area (Å²) in [5.74, 6) is 0. The van der Waals surface area contributed by atoms with E-state index in [1.165, 1.54) is 6.07 Å². The van der Waals surface area contributed by atoms with Crippen LogP contribution in [-0.4, -0.2) is 0 Å². The molecule has 0 aliphatic carbocycles. The van der Waals surface area contributed by atoms with Crippen LogP contribution in [0.5, 0.6) is 0 Å². The van der Waals surface area contributed by atoms with E-state index in [4.69, 9.17) is 0 Å². The molecule has 0 spiro atoms. The highest BCUT2D eigenvalue weighted by molar-refractivity contribution is 5.90. The average Bonchev–Trinajstić information content (AvgIpc) is 2.65. The molecule has 0 N–H and O–H groups in total. The fraction of sp³-hybridized carbons (Fsp3) is 0.0769. The van der Waals surface area contributed by atoms with E-state index >= 15 is 0 Å². The molecule has 1 nitrogen and oxygen atoms in total. The third-order valence-corrected chi connectivity index (χ3v) is 2.76. The lowest BCUT2D eigenvalue weighted by molar-refractivity contribution is -0.137. The number of fused-ring (bicyclic) bond motifs is 3. The molecule has 1 aliphatic heterocycles. The smallest absolute Gasteiger partial charge is 0.248 e. The van der Waals surface area contributed by atoms with Crippen LogP contribution in [0, 0.1) is 0 Å². The first-order valence-corrected chi connectivity index (χ1v) is 5.08. The summed E-state index contributed by atoms with van der Waals surface area (Å²) >= 11 is 0. The van der Waals surface area contributed by atoms with Crippen molar-refractivity contribution in [3.63, 3.8) is 0 Å². The van der Waals surface area contributed by atoms with E-state index in [1.807, 2.05) is 6.07 Å². The van der Waals surface area contributed by atoms with E-state index in [-0.39, 0.29) is 0 Å². The van der Waals surface area contributed by atoms with Gasteiger partial charge in [0.05, 0.1) is 16.9 Å². The molecule has 17 heavy (non-hydrogen) atoms. The van der Waals surface area contributed by atoms with Crippen LogP contribution in [0.15, 0.2) is 42.5 Å². The molecule has 1 aliphatic rings. The summed E-state index contributed by atoms with van der Waals surface area (Å²) in [5, 5.41) is 4.27. The molecule has 2 aromatic rings. The third-order valence-electron chi connectivity index (χ3n) is 2.76. The topological polar surface area (TPSA) is 14.1 Å². The van der Waals surface area contributed by atoms with E-state index < -0.39 is 11.7 Å². The lowest BCUT2D eigenvalue weighted by Gasteiger charge is -2.07. The van der Waals surface area contributed by atoms with Gasteiger partial charge >= 0.3 is 6.18 Å². The van der Waals surface area contributed by atoms with Gasteiger partial charge in [0.1, 0.15) is 0 Å². The molecule has 1 heterocycles. The predicted molar refractivity (Wildman–Crippen MR) is 58.3 cm³/mol. The summed E-state index contributed by atoms with van der Waals surface area (Å²) < 4.78 is 37.8. The first-order valence-electron chi connectivity index (χ1n) is 5.08. The van der Waals surface area contributed by atoms with E-state index in [1.54, 1.807) is 18.2 Å². The third kappa shape index (κ3) is 1.56. The van der Waals surface area contributed by atoms with Crippen molar-refractivity contribution < 1.29 is 13.2 Å². The van der Waals surface area contributed by atoms with E-state index in [0.717, 1.165) is 23.4 Å². The number of hydrogen-bond donors (Lipinski definition) is 0. The van der Waals surface area contributed by atoms with E-state index in [9.17, 15) is 13.2 Å². The van der Waals surface area contributed by atoms with Crippen molar-refractivity contribution in [2.45, 2.75) is 6.18 Å². The molecule has 0 unspecified atom stereocenters. The summed E-state index contributed by atoms with van der Waals surface area (Å²) in [6.45, 7) is 0. The Morgan fingerprint density at radius 3 is 2.29 bits per heavy atom. The molecular formula is C13H7F3N. The molecule has 0 atom stereocenters. The Hall–Kier alpha value is -1.97. The molecular weight excluding hydrogens is 227 g/mol. The zero-order valence-corrected chi connectivity index (χ0v) is 8.62. The van der Waals surface area contributed by atoms with Gasteiger partial charge in [0.25, 0.3) is 0 Å². The molecule has 3 rings (SSSR count). The summed E-state index contributed by atoms with van der Waals surface area (Å²) in [4.78, 5) is 0. The minimum Gasteiger partial charge on any atom is -0.248 e. The molecule has 0 amide bonds. The second kappa shape index (κ2) is 3.26. The average molecular weight is 234 g/mol. The van der Waals surface area contributed by atoms with Crippen LogP contribution >= 0.6 is 0 Å². The Labute approximate surface area is 95.9 Å². The number of halogens is 3. The van der Waals surface area contributed by atoms with Crippen molar-refractivity contribution in [2.24, 2.45) is 0 Å². The molecule has 0 fully saturated rings. The minimum absolute atomic E-state index is 0.551. The molecule has 4 heteroatoms. The summed E-state index contributed by atoms with van der Waals surface area (Å²) in [6, 6.07) is 10.8. The summed E-state index contributed by atoms with van der Waals surface area (Å²) in [6.07, 6.45) is -4.31. The fourth-order valence-corrected chi connectivity index (χ4v) is 1.95. The van der Waals surface area contributed by atoms with Crippen LogP contribution in [-0.2, 0) is 6.18 Å². The Balaban J connectivity index is 2.18. The predicted octanol–water partition coefficient (Wildman–Crippen LogP) is 4.25. The Morgan fingerprint density at radius 1 is 0.824 bits per heavy atom. The highest BCUT2D eigenvalue weighted by Crippen LogP contribution is 2.44. The number of benzene rings is 2. The first-order chi connectivity index (χ1) is 8.05. The monoisotopic (exact) mass is 234 g/mol. The zero-order valence-electron chi connectivity index (χ0n) is 8.62. The Morgan fingerprint density at radius 2 is 1.53 bits per heavy atom. The van der Waals surface area contributed by atoms with Gasteiger partial charge in [0.15, 0.2) is 0 Å². The van der Waals surface area contributed by atoms with Crippen LogP contribution in [0.4, 0.5) is 24.5 Å². The van der Waals surface area contributed by atoms with Crippen molar-refractivity contribution in [3.8, 4) is 11.1 Å².